The lowest BCUT2D eigenvalue weighted by atomic mass is 10.1. The highest BCUT2D eigenvalue weighted by molar-refractivity contribution is 7.12. The van der Waals surface area contributed by atoms with Gasteiger partial charge >= 0.3 is 0 Å². The van der Waals surface area contributed by atoms with E-state index in [1.165, 1.54) is 11.3 Å². The average Bonchev–Trinajstić information content (AvgIpc) is 3.17. The Morgan fingerprint density at radius 3 is 2.88 bits per heavy atom. The van der Waals surface area contributed by atoms with Gasteiger partial charge in [0.2, 0.25) is 0 Å². The molecule has 25 heavy (non-hydrogen) atoms. The fourth-order valence-electron chi connectivity index (χ4n) is 2.69. The summed E-state index contributed by atoms with van der Waals surface area (Å²) in [5.74, 6) is 0.758. The zero-order valence-electron chi connectivity index (χ0n) is 14.3. The SMILES string of the molecule is COc1cccc2c(NCCCNC(=O)c3cccs3)c(C)cnc12. The highest BCUT2D eigenvalue weighted by Gasteiger charge is 2.09. The van der Waals surface area contributed by atoms with Crippen molar-refractivity contribution in [3.8, 4) is 5.75 Å². The summed E-state index contributed by atoms with van der Waals surface area (Å²) < 4.78 is 5.39. The number of hydrogen-bond donors (Lipinski definition) is 2. The van der Waals surface area contributed by atoms with Crippen LogP contribution < -0.4 is 15.4 Å². The molecule has 0 aliphatic carbocycles. The molecule has 0 saturated carbocycles. The van der Waals surface area contributed by atoms with Crippen LogP contribution in [0.15, 0.2) is 41.9 Å². The molecular weight excluding hydrogens is 334 g/mol. The lowest BCUT2D eigenvalue weighted by Crippen LogP contribution is -2.25. The maximum atomic E-state index is 11.9. The van der Waals surface area contributed by atoms with Crippen molar-refractivity contribution < 1.29 is 9.53 Å². The van der Waals surface area contributed by atoms with Gasteiger partial charge in [-0.25, -0.2) is 0 Å². The molecule has 2 heterocycles. The third-order valence-electron chi connectivity index (χ3n) is 3.96. The Balaban J connectivity index is 1.60. The Morgan fingerprint density at radius 2 is 2.12 bits per heavy atom. The number of benzene rings is 1. The summed E-state index contributed by atoms with van der Waals surface area (Å²) in [6.07, 6.45) is 2.69. The zero-order chi connectivity index (χ0) is 17.6. The number of aromatic nitrogens is 1. The number of amides is 1. The molecule has 6 heteroatoms. The zero-order valence-corrected chi connectivity index (χ0v) is 15.2. The van der Waals surface area contributed by atoms with Gasteiger partial charge in [-0.2, -0.15) is 0 Å². The molecule has 0 aliphatic rings. The highest BCUT2D eigenvalue weighted by Crippen LogP contribution is 2.30. The maximum Gasteiger partial charge on any atom is 0.261 e. The summed E-state index contributed by atoms with van der Waals surface area (Å²) in [4.78, 5) is 17.1. The first kappa shape index (κ1) is 17.2. The smallest absolute Gasteiger partial charge is 0.261 e. The van der Waals surface area contributed by atoms with E-state index in [4.69, 9.17) is 4.74 Å². The largest absolute Gasteiger partial charge is 0.494 e. The number of pyridine rings is 1. The molecular formula is C19H21N3O2S. The van der Waals surface area contributed by atoms with Gasteiger partial charge in [0.1, 0.15) is 11.3 Å². The van der Waals surface area contributed by atoms with Gasteiger partial charge in [-0.15, -0.1) is 11.3 Å². The van der Waals surface area contributed by atoms with Crippen LogP contribution in [0.5, 0.6) is 5.75 Å². The quantitative estimate of drug-likeness (QED) is 0.632. The van der Waals surface area contributed by atoms with Crippen LogP contribution in [0, 0.1) is 6.92 Å². The van der Waals surface area contributed by atoms with E-state index in [1.807, 2.05) is 48.8 Å². The molecule has 0 atom stereocenters. The van der Waals surface area contributed by atoms with Gasteiger partial charge < -0.3 is 15.4 Å². The van der Waals surface area contributed by atoms with E-state index < -0.39 is 0 Å². The van der Waals surface area contributed by atoms with Crippen molar-refractivity contribution in [3.05, 3.63) is 52.3 Å². The number of fused-ring (bicyclic) bond motifs is 1. The molecule has 0 fully saturated rings. The molecule has 0 unspecified atom stereocenters. The Kier molecular flexibility index (Phi) is 5.50. The van der Waals surface area contributed by atoms with Gasteiger partial charge in [-0.3, -0.25) is 9.78 Å². The van der Waals surface area contributed by atoms with Crippen molar-refractivity contribution in [1.82, 2.24) is 10.3 Å². The molecule has 3 rings (SSSR count). The fourth-order valence-corrected chi connectivity index (χ4v) is 3.33. The molecule has 2 aromatic heterocycles. The molecule has 5 nitrogen and oxygen atoms in total. The second-order valence-corrected chi connectivity index (χ2v) is 6.63. The summed E-state index contributed by atoms with van der Waals surface area (Å²) >= 11 is 1.45. The summed E-state index contributed by atoms with van der Waals surface area (Å²) in [7, 11) is 1.65. The molecule has 3 aromatic rings. The van der Waals surface area contributed by atoms with E-state index in [9.17, 15) is 4.79 Å². The molecule has 1 amide bonds. The van der Waals surface area contributed by atoms with Gasteiger partial charge in [-0.05, 0) is 36.4 Å². The van der Waals surface area contributed by atoms with E-state index in [-0.39, 0.29) is 5.91 Å². The van der Waals surface area contributed by atoms with Crippen LogP contribution >= 0.6 is 11.3 Å². The molecule has 0 aliphatic heterocycles. The van der Waals surface area contributed by atoms with Gasteiger partial charge in [0.25, 0.3) is 5.91 Å². The number of ether oxygens (including phenoxy) is 1. The van der Waals surface area contributed by atoms with Crippen LogP contribution in [-0.4, -0.2) is 31.1 Å². The molecule has 2 N–H and O–H groups in total. The average molecular weight is 355 g/mol. The molecule has 130 valence electrons. The van der Waals surface area contributed by atoms with Crippen molar-refractivity contribution in [2.24, 2.45) is 0 Å². The van der Waals surface area contributed by atoms with Crippen molar-refractivity contribution in [3.63, 3.8) is 0 Å². The number of anilines is 1. The number of para-hydroxylation sites is 1. The van der Waals surface area contributed by atoms with Gasteiger partial charge in [0.05, 0.1) is 12.0 Å². The predicted octanol–water partition coefficient (Wildman–Crippen LogP) is 3.85. The number of aryl methyl sites for hydroxylation is 1. The van der Waals surface area contributed by atoms with E-state index in [0.717, 1.165) is 45.7 Å². The Morgan fingerprint density at radius 1 is 1.24 bits per heavy atom. The van der Waals surface area contributed by atoms with Gasteiger partial charge in [0, 0.05) is 30.4 Å². The molecule has 0 radical (unpaired) electrons. The first-order chi connectivity index (χ1) is 12.2. The topological polar surface area (TPSA) is 63.2 Å². The second kappa shape index (κ2) is 7.98. The Hall–Kier alpha value is -2.60. The number of hydrogen-bond acceptors (Lipinski definition) is 5. The van der Waals surface area contributed by atoms with E-state index >= 15 is 0 Å². The minimum Gasteiger partial charge on any atom is -0.494 e. The minimum atomic E-state index is -0.00900. The van der Waals surface area contributed by atoms with E-state index in [2.05, 4.69) is 15.6 Å². The number of nitrogens with one attached hydrogen (secondary N) is 2. The van der Waals surface area contributed by atoms with Crippen LogP contribution in [0.3, 0.4) is 0 Å². The number of carbonyl (C=O) groups is 1. The van der Waals surface area contributed by atoms with Crippen LogP contribution in [0.4, 0.5) is 5.69 Å². The third-order valence-corrected chi connectivity index (χ3v) is 4.82. The van der Waals surface area contributed by atoms with Crippen molar-refractivity contribution in [2.75, 3.05) is 25.5 Å². The normalized spacial score (nSPS) is 10.6. The summed E-state index contributed by atoms with van der Waals surface area (Å²) in [6.45, 7) is 3.43. The lowest BCUT2D eigenvalue weighted by molar-refractivity contribution is 0.0957. The van der Waals surface area contributed by atoms with Crippen LogP contribution in [0.2, 0.25) is 0 Å². The van der Waals surface area contributed by atoms with Crippen LogP contribution in [0.25, 0.3) is 10.9 Å². The number of methoxy groups -OCH3 is 1. The first-order valence-electron chi connectivity index (χ1n) is 8.18. The summed E-state index contributed by atoms with van der Waals surface area (Å²) in [5, 5.41) is 9.36. The van der Waals surface area contributed by atoms with Crippen LogP contribution in [-0.2, 0) is 0 Å². The third kappa shape index (κ3) is 3.91. The molecule has 1 aromatic carbocycles. The van der Waals surface area contributed by atoms with Crippen molar-refractivity contribution in [1.29, 1.82) is 0 Å². The molecule has 0 spiro atoms. The monoisotopic (exact) mass is 355 g/mol. The molecule has 0 saturated heterocycles. The molecule has 0 bridgehead atoms. The predicted molar refractivity (Wildman–Crippen MR) is 103 cm³/mol. The fraction of sp³-hybridized carbons (Fsp3) is 0.263. The minimum absolute atomic E-state index is 0.00900. The number of rotatable bonds is 7. The second-order valence-electron chi connectivity index (χ2n) is 5.69. The van der Waals surface area contributed by atoms with Gasteiger partial charge in [0.15, 0.2) is 0 Å². The number of carbonyl (C=O) groups excluding carboxylic acids is 1. The number of thiophene rings is 1. The van der Waals surface area contributed by atoms with E-state index in [1.54, 1.807) is 7.11 Å². The van der Waals surface area contributed by atoms with Crippen molar-refractivity contribution in [2.45, 2.75) is 13.3 Å². The van der Waals surface area contributed by atoms with E-state index in [0.29, 0.717) is 6.54 Å². The number of nitrogens with zero attached hydrogens (tertiary/aromatic N) is 1. The highest BCUT2D eigenvalue weighted by atomic mass is 32.1. The summed E-state index contributed by atoms with van der Waals surface area (Å²) in [5.41, 5.74) is 3.00. The Labute approximate surface area is 151 Å². The first-order valence-corrected chi connectivity index (χ1v) is 9.06. The van der Waals surface area contributed by atoms with Crippen molar-refractivity contribution >= 4 is 33.8 Å². The maximum absolute atomic E-state index is 11.9. The van der Waals surface area contributed by atoms with Gasteiger partial charge in [-0.1, -0.05) is 18.2 Å². The Bertz CT molecular complexity index is 862. The van der Waals surface area contributed by atoms with Crippen LogP contribution in [0.1, 0.15) is 21.7 Å². The lowest BCUT2D eigenvalue weighted by Gasteiger charge is -2.14. The standard InChI is InChI=1S/C19H21N3O2S/c1-13-12-22-18-14(6-3-7-15(18)24-2)17(13)20-9-5-10-21-19(23)16-8-4-11-25-16/h3-4,6-8,11-12H,5,9-10H2,1-2H3,(H,20,22)(H,21,23). The summed E-state index contributed by atoms with van der Waals surface area (Å²) in [6, 6.07) is 9.63.